The van der Waals surface area contributed by atoms with Crippen molar-refractivity contribution in [2.24, 2.45) is 5.41 Å². The van der Waals surface area contributed by atoms with Gasteiger partial charge in [-0.2, -0.15) is 0 Å². The zero-order valence-electron chi connectivity index (χ0n) is 17.1. The summed E-state index contributed by atoms with van der Waals surface area (Å²) in [6, 6.07) is 13.5. The highest BCUT2D eigenvalue weighted by molar-refractivity contribution is 5.59. The molecule has 0 N–H and O–H groups in total. The minimum absolute atomic E-state index is 0.195. The molecule has 0 atom stereocenters. The molecule has 0 aliphatic carbocycles. The van der Waals surface area contributed by atoms with Gasteiger partial charge in [0, 0.05) is 35.9 Å². The van der Waals surface area contributed by atoms with Crippen molar-refractivity contribution in [3.63, 3.8) is 0 Å². The third-order valence-corrected chi connectivity index (χ3v) is 4.16. The first-order valence-corrected chi connectivity index (χ1v) is 9.61. The molecule has 3 nitrogen and oxygen atoms in total. The lowest BCUT2D eigenvalue weighted by atomic mass is 9.93. The smallest absolute Gasteiger partial charge is 0.150 e. The van der Waals surface area contributed by atoms with E-state index in [4.69, 9.17) is 4.74 Å². The second-order valence-corrected chi connectivity index (χ2v) is 7.81. The van der Waals surface area contributed by atoms with Crippen LogP contribution in [-0.4, -0.2) is 16.6 Å². The van der Waals surface area contributed by atoms with E-state index in [0.717, 1.165) is 34.4 Å². The Morgan fingerprint density at radius 1 is 0.724 bits per heavy atom. The summed E-state index contributed by atoms with van der Waals surface area (Å²) >= 11 is 0. The molecule has 0 unspecified atom stereocenters. The molecule has 0 spiro atoms. The van der Waals surface area contributed by atoms with Crippen molar-refractivity contribution in [3.05, 3.63) is 89.5 Å². The lowest BCUT2D eigenvalue weighted by Crippen LogP contribution is -2.12. The highest BCUT2D eigenvalue weighted by Crippen LogP contribution is 2.25. The fraction of sp³-hybridized carbons (Fsp3) is 0.231. The highest BCUT2D eigenvalue weighted by Gasteiger charge is 2.12. The van der Waals surface area contributed by atoms with Gasteiger partial charge in [0.05, 0.1) is 17.7 Å². The van der Waals surface area contributed by atoms with E-state index in [-0.39, 0.29) is 5.41 Å². The third-order valence-electron chi connectivity index (χ3n) is 4.16. The van der Waals surface area contributed by atoms with Gasteiger partial charge in [0.2, 0.25) is 0 Å². The lowest BCUT2D eigenvalue weighted by molar-refractivity contribution is 0.242. The number of pyridine rings is 2. The average Bonchev–Trinajstić information content (AvgIpc) is 2.72. The van der Waals surface area contributed by atoms with Gasteiger partial charge >= 0.3 is 0 Å². The van der Waals surface area contributed by atoms with Crippen molar-refractivity contribution in [1.29, 1.82) is 0 Å². The van der Waals surface area contributed by atoms with Crippen LogP contribution in [0.15, 0.2) is 67.3 Å². The van der Waals surface area contributed by atoms with Gasteiger partial charge in [0.15, 0.2) is 5.75 Å². The Bertz CT molecular complexity index is 984. The van der Waals surface area contributed by atoms with Crippen LogP contribution in [0.25, 0.3) is 0 Å². The molecule has 0 saturated carbocycles. The number of benzene rings is 1. The van der Waals surface area contributed by atoms with E-state index in [9.17, 15) is 0 Å². The Morgan fingerprint density at radius 2 is 1.21 bits per heavy atom. The summed E-state index contributed by atoms with van der Waals surface area (Å²) < 4.78 is 6.19. The summed E-state index contributed by atoms with van der Waals surface area (Å²) in [6.45, 7) is 7.22. The van der Waals surface area contributed by atoms with E-state index in [0.29, 0.717) is 6.61 Å². The molecule has 3 heteroatoms. The van der Waals surface area contributed by atoms with Crippen LogP contribution < -0.4 is 4.74 Å². The van der Waals surface area contributed by atoms with Crippen molar-refractivity contribution in [3.8, 4) is 29.4 Å². The van der Waals surface area contributed by atoms with Gasteiger partial charge in [-0.15, -0.1) is 0 Å². The van der Waals surface area contributed by atoms with Crippen LogP contribution in [0.3, 0.4) is 0 Å². The first-order chi connectivity index (χ1) is 14.0. The molecule has 0 radical (unpaired) electrons. The minimum Gasteiger partial charge on any atom is -0.491 e. The maximum Gasteiger partial charge on any atom is 0.150 e. The second-order valence-electron chi connectivity index (χ2n) is 7.81. The number of nitrogens with zero attached hydrogens (tertiary/aromatic N) is 2. The molecule has 29 heavy (non-hydrogen) atoms. The predicted molar refractivity (Wildman–Crippen MR) is 116 cm³/mol. The Morgan fingerprint density at radius 3 is 1.66 bits per heavy atom. The highest BCUT2D eigenvalue weighted by atomic mass is 16.5. The van der Waals surface area contributed by atoms with Crippen LogP contribution in [0.2, 0.25) is 0 Å². The maximum atomic E-state index is 6.19. The number of ether oxygens (including phenoxy) is 1. The molecule has 0 amide bonds. The third kappa shape index (κ3) is 6.52. The van der Waals surface area contributed by atoms with E-state index in [1.54, 1.807) is 24.8 Å². The van der Waals surface area contributed by atoms with E-state index in [1.807, 2.05) is 42.5 Å². The number of para-hydroxylation sites is 1. The number of rotatable bonds is 3. The maximum absolute atomic E-state index is 6.19. The Labute approximate surface area is 173 Å². The van der Waals surface area contributed by atoms with Gasteiger partial charge in [-0.25, -0.2) is 0 Å². The van der Waals surface area contributed by atoms with Crippen molar-refractivity contribution in [2.45, 2.75) is 27.2 Å². The van der Waals surface area contributed by atoms with Crippen molar-refractivity contribution < 1.29 is 4.74 Å². The molecule has 3 aromatic rings. The van der Waals surface area contributed by atoms with E-state index in [2.05, 4.69) is 54.4 Å². The van der Waals surface area contributed by atoms with E-state index >= 15 is 0 Å². The van der Waals surface area contributed by atoms with Crippen molar-refractivity contribution in [2.75, 3.05) is 6.61 Å². The SMILES string of the molecule is CC(C)(C)CCOc1c(C#Cc2ccncc2)cccc1C#Cc1ccncc1. The van der Waals surface area contributed by atoms with E-state index < -0.39 is 0 Å². The molecule has 0 fully saturated rings. The Kier molecular flexibility index (Phi) is 6.67. The molecular weight excluding hydrogens is 356 g/mol. The standard InChI is InChI=1S/C26H24N2O/c1-26(2,3)15-20-29-25-23(9-7-21-11-16-27-17-12-21)5-4-6-24(25)10-8-22-13-18-28-19-14-22/h4-6,11-14,16-19H,15,20H2,1-3H3. The van der Waals surface area contributed by atoms with Gasteiger partial charge < -0.3 is 4.74 Å². The van der Waals surface area contributed by atoms with Gasteiger partial charge in [-0.3, -0.25) is 9.97 Å². The molecular formula is C26H24N2O. The molecule has 3 rings (SSSR count). The Hall–Kier alpha value is -3.56. The van der Waals surface area contributed by atoms with Gasteiger partial charge in [0.1, 0.15) is 0 Å². The molecule has 2 heterocycles. The van der Waals surface area contributed by atoms with Crippen LogP contribution in [-0.2, 0) is 0 Å². The van der Waals surface area contributed by atoms with E-state index in [1.165, 1.54) is 0 Å². The van der Waals surface area contributed by atoms with Gasteiger partial charge in [0.25, 0.3) is 0 Å². The monoisotopic (exact) mass is 380 g/mol. The average molecular weight is 380 g/mol. The largest absolute Gasteiger partial charge is 0.491 e. The molecule has 144 valence electrons. The second kappa shape index (κ2) is 9.58. The van der Waals surface area contributed by atoms with Gasteiger partial charge in [-0.05, 0) is 48.2 Å². The predicted octanol–water partition coefficient (Wildman–Crippen LogP) is 5.09. The lowest BCUT2D eigenvalue weighted by Gasteiger charge is -2.19. The summed E-state index contributed by atoms with van der Waals surface area (Å²) in [6.07, 6.45) is 7.89. The summed E-state index contributed by atoms with van der Waals surface area (Å²) in [5.74, 6) is 13.6. The van der Waals surface area contributed by atoms with Gasteiger partial charge in [-0.1, -0.05) is 50.5 Å². The summed E-state index contributed by atoms with van der Waals surface area (Å²) in [4.78, 5) is 8.07. The van der Waals surface area contributed by atoms with Crippen LogP contribution in [0.4, 0.5) is 0 Å². The zero-order chi connectivity index (χ0) is 20.5. The Balaban J connectivity index is 1.94. The first kappa shape index (κ1) is 20.2. The zero-order valence-corrected chi connectivity index (χ0v) is 17.1. The number of hydrogen-bond acceptors (Lipinski definition) is 3. The minimum atomic E-state index is 0.195. The topological polar surface area (TPSA) is 35.0 Å². The first-order valence-electron chi connectivity index (χ1n) is 9.61. The molecule has 0 saturated heterocycles. The van der Waals surface area contributed by atoms with Crippen molar-refractivity contribution >= 4 is 0 Å². The van der Waals surface area contributed by atoms with Crippen LogP contribution in [0, 0.1) is 29.1 Å². The van der Waals surface area contributed by atoms with Crippen molar-refractivity contribution in [1.82, 2.24) is 9.97 Å². The molecule has 0 aliphatic heterocycles. The number of aromatic nitrogens is 2. The fourth-order valence-electron chi connectivity index (χ4n) is 2.50. The summed E-state index contributed by atoms with van der Waals surface area (Å²) in [7, 11) is 0. The molecule has 1 aromatic carbocycles. The molecule has 2 aromatic heterocycles. The normalized spacial score (nSPS) is 10.3. The van der Waals surface area contributed by atoms with Crippen LogP contribution >= 0.6 is 0 Å². The number of hydrogen-bond donors (Lipinski definition) is 0. The molecule has 0 aliphatic rings. The van der Waals surface area contributed by atoms with Crippen LogP contribution in [0.5, 0.6) is 5.75 Å². The summed E-state index contributed by atoms with van der Waals surface area (Å²) in [5.41, 5.74) is 3.68. The van der Waals surface area contributed by atoms with Crippen LogP contribution in [0.1, 0.15) is 49.4 Å². The summed E-state index contributed by atoms with van der Waals surface area (Å²) in [5, 5.41) is 0. The fourth-order valence-corrected chi connectivity index (χ4v) is 2.50. The quantitative estimate of drug-likeness (QED) is 0.594. The molecule has 0 bridgehead atoms.